The smallest absolute Gasteiger partial charge is 0.160 e. The fourth-order valence-corrected chi connectivity index (χ4v) is 3.70. The van der Waals surface area contributed by atoms with Gasteiger partial charge >= 0.3 is 0 Å². The summed E-state index contributed by atoms with van der Waals surface area (Å²) in [6, 6.07) is 0. The van der Waals surface area contributed by atoms with Crippen molar-refractivity contribution in [1.29, 1.82) is 0 Å². The van der Waals surface area contributed by atoms with Crippen LogP contribution in [0.15, 0.2) is 0 Å². The number of hydrogen-bond donors (Lipinski definition) is 0. The Labute approximate surface area is 95.5 Å². The third-order valence-corrected chi connectivity index (χ3v) is 5.14. The Kier molecular flexibility index (Phi) is 3.95. The first-order valence-electron chi connectivity index (χ1n) is 4.76. The maximum atomic E-state index is 13.6. The monoisotopic (exact) mass is 264 g/mol. The molecule has 0 saturated carbocycles. The summed E-state index contributed by atoms with van der Waals surface area (Å²) in [5.74, 6) is -4.84. The van der Waals surface area contributed by atoms with Crippen LogP contribution in [0.1, 0.15) is 0 Å². The average Bonchev–Trinajstić information content (AvgIpc) is 2.14. The van der Waals surface area contributed by atoms with Crippen LogP contribution in [0.4, 0.5) is 17.6 Å². The van der Waals surface area contributed by atoms with E-state index in [1.54, 1.807) is 26.2 Å². The standard InChI is InChI=1S/C10H12F4Si2/c1-15(2)9-5(11)7(13)10(16(3)4)8(14)6(9)12/h1-4H3. The number of halogens is 4. The van der Waals surface area contributed by atoms with Crippen molar-refractivity contribution in [3.63, 3.8) is 0 Å². The van der Waals surface area contributed by atoms with Gasteiger partial charge in [-0.05, 0) is 0 Å². The van der Waals surface area contributed by atoms with Crippen LogP contribution in [0.25, 0.3) is 0 Å². The Hall–Kier alpha value is -0.626. The molecule has 0 spiro atoms. The molecular formula is C10H12F4Si2. The lowest BCUT2D eigenvalue weighted by Gasteiger charge is -2.14. The lowest BCUT2D eigenvalue weighted by molar-refractivity contribution is 0.472. The molecule has 0 atom stereocenters. The van der Waals surface area contributed by atoms with Gasteiger partial charge in [-0.1, -0.05) is 26.2 Å². The molecule has 0 aliphatic heterocycles. The van der Waals surface area contributed by atoms with Gasteiger partial charge in [0.05, 0.1) is 17.6 Å². The van der Waals surface area contributed by atoms with Gasteiger partial charge in [0, 0.05) is 10.4 Å². The summed E-state index contributed by atoms with van der Waals surface area (Å²) in [5, 5.41) is -0.820. The zero-order valence-corrected chi connectivity index (χ0v) is 11.5. The van der Waals surface area contributed by atoms with E-state index in [0.717, 1.165) is 0 Å². The predicted molar refractivity (Wildman–Crippen MR) is 60.5 cm³/mol. The second-order valence-electron chi connectivity index (χ2n) is 4.01. The SMILES string of the molecule is C[Si](C)c1c(F)c(F)c([Si](C)C)c(F)c1F. The third kappa shape index (κ3) is 2.08. The minimum Gasteiger partial charge on any atom is -0.204 e. The van der Waals surface area contributed by atoms with Gasteiger partial charge in [-0.2, -0.15) is 0 Å². The van der Waals surface area contributed by atoms with Crippen molar-refractivity contribution in [2.45, 2.75) is 26.2 Å². The van der Waals surface area contributed by atoms with E-state index >= 15 is 0 Å². The highest BCUT2D eigenvalue weighted by Crippen LogP contribution is 2.11. The van der Waals surface area contributed by atoms with E-state index in [2.05, 4.69) is 0 Å². The molecule has 0 aromatic heterocycles. The zero-order valence-electron chi connectivity index (χ0n) is 9.51. The Morgan fingerprint density at radius 2 is 0.750 bits per heavy atom. The molecule has 1 rings (SSSR count). The zero-order chi connectivity index (χ0) is 12.6. The van der Waals surface area contributed by atoms with Gasteiger partial charge in [0.2, 0.25) is 0 Å². The Morgan fingerprint density at radius 1 is 0.562 bits per heavy atom. The second-order valence-corrected chi connectivity index (χ2v) is 9.01. The average molecular weight is 264 g/mol. The van der Waals surface area contributed by atoms with Crippen molar-refractivity contribution < 1.29 is 17.6 Å². The van der Waals surface area contributed by atoms with Gasteiger partial charge in [0.15, 0.2) is 23.3 Å². The van der Waals surface area contributed by atoms with Crippen LogP contribution in [0, 0.1) is 23.3 Å². The molecule has 0 saturated heterocycles. The fourth-order valence-electron chi connectivity index (χ4n) is 1.51. The van der Waals surface area contributed by atoms with Crippen molar-refractivity contribution in [2.75, 3.05) is 0 Å². The van der Waals surface area contributed by atoms with E-state index < -0.39 is 51.2 Å². The Morgan fingerprint density at radius 3 is 0.875 bits per heavy atom. The van der Waals surface area contributed by atoms with E-state index in [9.17, 15) is 17.6 Å². The Bertz CT molecular complexity index is 348. The quantitative estimate of drug-likeness (QED) is 0.436. The highest BCUT2D eigenvalue weighted by Gasteiger charge is 2.28. The first-order chi connectivity index (χ1) is 7.29. The summed E-state index contributed by atoms with van der Waals surface area (Å²) in [6.07, 6.45) is 0. The summed E-state index contributed by atoms with van der Waals surface area (Å²) in [7, 11) is -3.15. The molecule has 0 nitrogen and oxygen atoms in total. The normalized spacial score (nSPS) is 11.6. The number of rotatable bonds is 2. The molecule has 16 heavy (non-hydrogen) atoms. The molecule has 2 radical (unpaired) electrons. The van der Waals surface area contributed by atoms with Gasteiger partial charge in [-0.25, -0.2) is 17.6 Å². The van der Waals surface area contributed by atoms with Crippen LogP contribution >= 0.6 is 0 Å². The van der Waals surface area contributed by atoms with Crippen LogP contribution in [0.5, 0.6) is 0 Å². The van der Waals surface area contributed by atoms with Crippen molar-refractivity contribution in [1.82, 2.24) is 0 Å². The largest absolute Gasteiger partial charge is 0.204 e. The van der Waals surface area contributed by atoms with E-state index in [1.165, 1.54) is 0 Å². The lowest BCUT2D eigenvalue weighted by atomic mass is 10.3. The first-order valence-corrected chi connectivity index (χ1v) is 9.76. The van der Waals surface area contributed by atoms with Crippen LogP contribution in [-0.2, 0) is 0 Å². The van der Waals surface area contributed by atoms with Gasteiger partial charge in [-0.3, -0.25) is 0 Å². The molecular weight excluding hydrogens is 252 g/mol. The minimum absolute atomic E-state index is 0.410. The van der Waals surface area contributed by atoms with Crippen LogP contribution in [0.3, 0.4) is 0 Å². The summed E-state index contributed by atoms with van der Waals surface area (Å²) < 4.78 is 54.3. The molecule has 0 aliphatic carbocycles. The number of hydrogen-bond acceptors (Lipinski definition) is 0. The molecule has 1 aromatic carbocycles. The molecule has 1 aromatic rings. The van der Waals surface area contributed by atoms with E-state index in [1.807, 2.05) is 0 Å². The molecule has 0 unspecified atom stereocenters. The molecule has 6 heteroatoms. The van der Waals surface area contributed by atoms with E-state index in [0.29, 0.717) is 0 Å². The van der Waals surface area contributed by atoms with Crippen molar-refractivity contribution in [2.24, 2.45) is 0 Å². The highest BCUT2D eigenvalue weighted by atomic mass is 28.3. The highest BCUT2D eigenvalue weighted by molar-refractivity contribution is 6.72. The van der Waals surface area contributed by atoms with E-state index in [-0.39, 0.29) is 0 Å². The van der Waals surface area contributed by atoms with Crippen molar-refractivity contribution in [3.05, 3.63) is 23.3 Å². The summed E-state index contributed by atoms with van der Waals surface area (Å²) in [5.41, 5.74) is 0. The molecule has 0 fully saturated rings. The van der Waals surface area contributed by atoms with Gasteiger partial charge in [0.25, 0.3) is 0 Å². The maximum Gasteiger partial charge on any atom is 0.160 e. The van der Waals surface area contributed by atoms with E-state index in [4.69, 9.17) is 0 Å². The molecule has 0 heterocycles. The molecule has 0 amide bonds. The van der Waals surface area contributed by atoms with Gasteiger partial charge in [0.1, 0.15) is 0 Å². The van der Waals surface area contributed by atoms with Crippen LogP contribution in [-0.4, -0.2) is 17.6 Å². The summed E-state index contributed by atoms with van der Waals surface area (Å²) in [4.78, 5) is 0. The maximum absolute atomic E-state index is 13.6. The molecule has 0 N–H and O–H groups in total. The van der Waals surface area contributed by atoms with Crippen LogP contribution < -0.4 is 10.4 Å². The Balaban J connectivity index is 3.63. The summed E-state index contributed by atoms with van der Waals surface area (Å²) >= 11 is 0. The van der Waals surface area contributed by atoms with Crippen molar-refractivity contribution >= 4 is 28.0 Å². The van der Waals surface area contributed by atoms with Crippen LogP contribution in [0.2, 0.25) is 26.2 Å². The minimum atomic E-state index is -1.58. The number of benzene rings is 1. The predicted octanol–water partition coefficient (Wildman–Crippen LogP) is 2.17. The second kappa shape index (κ2) is 4.71. The summed E-state index contributed by atoms with van der Waals surface area (Å²) in [6.45, 7) is 6.37. The van der Waals surface area contributed by atoms with Gasteiger partial charge in [-0.15, -0.1) is 0 Å². The molecule has 0 bridgehead atoms. The molecule has 88 valence electrons. The van der Waals surface area contributed by atoms with Crippen molar-refractivity contribution in [3.8, 4) is 0 Å². The topological polar surface area (TPSA) is 0 Å². The van der Waals surface area contributed by atoms with Gasteiger partial charge < -0.3 is 0 Å². The molecule has 0 aliphatic rings. The fraction of sp³-hybridized carbons (Fsp3) is 0.400. The third-order valence-electron chi connectivity index (χ3n) is 2.26. The first kappa shape index (κ1) is 13.4. The lowest BCUT2D eigenvalue weighted by Crippen LogP contribution is -2.41.